The van der Waals surface area contributed by atoms with Crippen molar-refractivity contribution in [3.8, 4) is 0 Å². The number of hydrazine groups is 1. The summed E-state index contributed by atoms with van der Waals surface area (Å²) in [6, 6.07) is 17.2. The number of benzene rings is 2. The Labute approximate surface area is 281 Å². The van der Waals surface area contributed by atoms with E-state index in [1.165, 1.54) is 3.58 Å². The first-order valence-corrected chi connectivity index (χ1v) is 27.2. The topological polar surface area (TPSA) is 109 Å². The first kappa shape index (κ1) is 39.4. The zero-order chi connectivity index (χ0) is 33.8. The number of ether oxygens (including phenoxy) is 2. The molecule has 0 bridgehead atoms. The van der Waals surface area contributed by atoms with E-state index in [4.69, 9.17) is 9.47 Å². The van der Waals surface area contributed by atoms with Gasteiger partial charge in [-0.1, -0.05) is 58.2 Å². The molecular formula is C36H58N4O5Sn. The van der Waals surface area contributed by atoms with Gasteiger partial charge >= 0.3 is 190 Å². The molecule has 0 heterocycles. The summed E-state index contributed by atoms with van der Waals surface area (Å²) in [4.78, 5) is 45.7. The van der Waals surface area contributed by atoms with Crippen molar-refractivity contribution in [1.29, 1.82) is 0 Å². The average molecular weight is 746 g/mol. The number of amides is 3. The van der Waals surface area contributed by atoms with Crippen LogP contribution in [0.2, 0.25) is 14.8 Å². The molecule has 46 heavy (non-hydrogen) atoms. The predicted octanol–water partition coefficient (Wildman–Crippen LogP) is 8.45. The van der Waals surface area contributed by atoms with Crippen molar-refractivity contribution < 1.29 is 23.9 Å². The van der Waals surface area contributed by atoms with Gasteiger partial charge in [-0.05, 0) is 18.6 Å². The second-order valence-electron chi connectivity index (χ2n) is 13.0. The third-order valence-electron chi connectivity index (χ3n) is 7.75. The Morgan fingerprint density at radius 2 is 1.22 bits per heavy atom. The van der Waals surface area contributed by atoms with Crippen molar-refractivity contribution in [3.63, 3.8) is 0 Å². The van der Waals surface area contributed by atoms with Crippen LogP contribution in [0.15, 0.2) is 54.6 Å². The minimum atomic E-state index is -2.33. The van der Waals surface area contributed by atoms with Crippen LogP contribution < -0.4 is 19.6 Å². The van der Waals surface area contributed by atoms with E-state index in [0.29, 0.717) is 24.9 Å². The van der Waals surface area contributed by atoms with Gasteiger partial charge in [0, 0.05) is 5.69 Å². The van der Waals surface area contributed by atoms with Crippen LogP contribution in [0.3, 0.4) is 0 Å². The number of hydrogen-bond donors (Lipinski definition) is 3. The number of carbonyl (C=O) groups is 3. The third kappa shape index (κ3) is 16.7. The van der Waals surface area contributed by atoms with Crippen molar-refractivity contribution >= 4 is 51.4 Å². The molecule has 2 aromatic carbocycles. The summed E-state index contributed by atoms with van der Waals surface area (Å²) in [6.45, 7) is 6.66. The molecule has 9 nitrogen and oxygen atoms in total. The molecule has 2 aromatic rings. The van der Waals surface area contributed by atoms with Crippen LogP contribution in [-0.2, 0) is 14.3 Å². The zero-order valence-corrected chi connectivity index (χ0v) is 31.9. The standard InChI is InChI=1S/C33H49N4O5.3CH3.Sn/c1-4-7-9-17-23-29(41-32(39)34-27-19-13-11-14-20-27)25-37(36-31(38)6-3)26-30(24-18-10-8-5-2)42-33(40)35-28-21-15-12-16-22-28;;;;/h11-15,19-22,29-30H,4-10,17-18,23-26H2,1-3H3,(H,34,39)(H,35,40)(H,36,38);3*1H3;. The van der Waals surface area contributed by atoms with Gasteiger partial charge in [-0.3, -0.25) is 5.32 Å². The molecule has 0 saturated heterocycles. The molecule has 2 rings (SSSR count). The Morgan fingerprint density at radius 3 is 1.72 bits per heavy atom. The molecule has 2 atom stereocenters. The summed E-state index contributed by atoms with van der Waals surface area (Å²) >= 11 is -2.33. The van der Waals surface area contributed by atoms with E-state index in [1.54, 1.807) is 24.1 Å². The first-order valence-electron chi connectivity index (χ1n) is 17.2. The van der Waals surface area contributed by atoms with Crippen LogP contribution in [0.1, 0.15) is 91.4 Å². The second-order valence-corrected chi connectivity index (χ2v) is 27.5. The molecule has 0 aliphatic carbocycles. The van der Waals surface area contributed by atoms with Crippen LogP contribution >= 0.6 is 0 Å². The summed E-state index contributed by atoms with van der Waals surface area (Å²) in [7, 11) is 0. The molecule has 256 valence electrons. The van der Waals surface area contributed by atoms with E-state index in [1.807, 2.05) is 30.3 Å². The maximum atomic E-state index is 13.2. The van der Waals surface area contributed by atoms with Crippen molar-refractivity contribution in [2.24, 2.45) is 0 Å². The van der Waals surface area contributed by atoms with Gasteiger partial charge in [0.05, 0.1) is 0 Å². The van der Waals surface area contributed by atoms with Crippen LogP contribution in [-0.4, -0.2) is 66.8 Å². The molecule has 0 aliphatic rings. The smallest absolute Gasteiger partial charge is 0.291 e. The number of carbonyl (C=O) groups excluding carboxylic acids is 3. The van der Waals surface area contributed by atoms with Crippen molar-refractivity contribution in [2.45, 2.75) is 118 Å². The fraction of sp³-hybridized carbons (Fsp3) is 0.583. The van der Waals surface area contributed by atoms with Crippen LogP contribution in [0.4, 0.5) is 21.0 Å². The average Bonchev–Trinajstić information content (AvgIpc) is 3.01. The van der Waals surface area contributed by atoms with Crippen LogP contribution in [0, 0.1) is 0 Å². The Kier molecular flexibility index (Phi) is 18.8. The predicted molar refractivity (Wildman–Crippen MR) is 191 cm³/mol. The molecule has 3 N–H and O–H groups in total. The monoisotopic (exact) mass is 746 g/mol. The Balaban J connectivity index is 2.20. The van der Waals surface area contributed by atoms with Crippen molar-refractivity contribution in [3.05, 3.63) is 54.6 Å². The van der Waals surface area contributed by atoms with Gasteiger partial charge < -0.3 is 0 Å². The number of nitrogens with one attached hydrogen (secondary N) is 3. The van der Waals surface area contributed by atoms with E-state index in [0.717, 1.165) is 57.1 Å². The number of hydrogen-bond acceptors (Lipinski definition) is 6. The number of rotatable bonds is 21. The van der Waals surface area contributed by atoms with E-state index < -0.39 is 42.8 Å². The van der Waals surface area contributed by atoms with E-state index in [-0.39, 0.29) is 19.0 Å². The number of para-hydroxylation sites is 1. The van der Waals surface area contributed by atoms with Gasteiger partial charge in [-0.15, -0.1) is 0 Å². The normalized spacial score (nSPS) is 12.7. The molecule has 0 fully saturated rings. The summed E-state index contributed by atoms with van der Waals surface area (Å²) in [5.41, 5.74) is 4.35. The second kappa shape index (κ2) is 21.9. The third-order valence-corrected chi connectivity index (χ3v) is 13.6. The van der Waals surface area contributed by atoms with Crippen molar-refractivity contribution in [1.82, 2.24) is 10.4 Å². The molecule has 10 heteroatoms. The minimum Gasteiger partial charge on any atom is -0.291 e. The SMILES string of the molecule is CCCCCCC(CN(CC(CCCCCC)OC(=O)Nc1ccc[c]([Sn]([CH3])([CH3])[CH3])c1)NC(=O)CC)OC(=O)Nc1ccccc1. The Bertz CT molecular complexity index is 1170. The maximum absolute atomic E-state index is 13.2. The summed E-state index contributed by atoms with van der Waals surface area (Å²) in [5.74, 6) is -0.155. The minimum absolute atomic E-state index is 0.155. The molecule has 2 unspecified atom stereocenters. The van der Waals surface area contributed by atoms with Crippen molar-refractivity contribution in [2.75, 3.05) is 23.7 Å². The summed E-state index contributed by atoms with van der Waals surface area (Å²) < 4.78 is 13.2. The van der Waals surface area contributed by atoms with Gasteiger partial charge in [0.15, 0.2) is 0 Å². The van der Waals surface area contributed by atoms with Crippen LogP contribution in [0.25, 0.3) is 0 Å². The molecular weight excluding hydrogens is 687 g/mol. The fourth-order valence-corrected chi connectivity index (χ4v) is 8.45. The van der Waals surface area contributed by atoms with Gasteiger partial charge in [-0.25, -0.2) is 4.79 Å². The summed E-state index contributed by atoms with van der Waals surface area (Å²) in [6.07, 6.45) is 7.85. The molecule has 0 radical (unpaired) electrons. The fourth-order valence-electron chi connectivity index (χ4n) is 5.07. The number of unbranched alkanes of at least 4 members (excludes halogenated alkanes) is 6. The number of anilines is 2. The summed E-state index contributed by atoms with van der Waals surface area (Å²) in [5, 5.41) is 7.49. The Hall–Kier alpha value is -2.79. The quantitative estimate of drug-likeness (QED) is 0.0673. The molecule has 0 aliphatic heterocycles. The van der Waals surface area contributed by atoms with E-state index in [9.17, 15) is 14.4 Å². The van der Waals surface area contributed by atoms with Gasteiger partial charge in [0.2, 0.25) is 0 Å². The molecule has 0 aromatic heterocycles. The molecule has 3 amide bonds. The van der Waals surface area contributed by atoms with Crippen LogP contribution in [0.5, 0.6) is 0 Å². The number of nitrogens with zero attached hydrogens (tertiary/aromatic N) is 1. The van der Waals surface area contributed by atoms with Gasteiger partial charge in [0.1, 0.15) is 0 Å². The molecule has 0 spiro atoms. The van der Waals surface area contributed by atoms with Gasteiger partial charge in [0.25, 0.3) is 0 Å². The Morgan fingerprint density at radius 1 is 0.696 bits per heavy atom. The molecule has 0 saturated carbocycles. The van der Waals surface area contributed by atoms with E-state index >= 15 is 0 Å². The zero-order valence-electron chi connectivity index (χ0n) is 29.0. The first-order chi connectivity index (χ1) is 22.0. The van der Waals surface area contributed by atoms with E-state index in [2.05, 4.69) is 56.9 Å². The van der Waals surface area contributed by atoms with Gasteiger partial charge in [-0.2, -0.15) is 0 Å².